The number of nitrogens with zero attached hydrogens (tertiary/aromatic N) is 3. The van der Waals surface area contributed by atoms with Crippen molar-refractivity contribution in [3.05, 3.63) is 88.0 Å². The van der Waals surface area contributed by atoms with E-state index in [1.807, 2.05) is 48.9 Å². The van der Waals surface area contributed by atoms with E-state index >= 15 is 0 Å². The fourth-order valence-corrected chi connectivity index (χ4v) is 2.98. The molecule has 1 aromatic heterocycles. The highest BCUT2D eigenvalue weighted by Crippen LogP contribution is 2.26. The molecule has 0 spiro atoms. The number of aromatic nitrogens is 2. The number of benzene rings is 2. The standard InChI is InChI=1S/C20H21N5O3/c1-3-21-16-10-9-15(13-17(16)25(27)28)20(26)23-18(14-7-5-4-6-8-14)19-22-11-12-24(19)2/h4-13,18,21H,3H2,1-2H3,(H,23,26). The third-order valence-corrected chi connectivity index (χ3v) is 4.35. The summed E-state index contributed by atoms with van der Waals surface area (Å²) >= 11 is 0. The molecule has 0 fully saturated rings. The van der Waals surface area contributed by atoms with Crippen LogP contribution in [-0.2, 0) is 7.05 Å². The molecule has 8 heteroatoms. The number of nitro benzene ring substituents is 1. The van der Waals surface area contributed by atoms with Gasteiger partial charge in [-0.25, -0.2) is 4.98 Å². The van der Waals surface area contributed by atoms with Crippen LogP contribution in [-0.4, -0.2) is 26.9 Å². The lowest BCUT2D eigenvalue weighted by Gasteiger charge is -2.19. The van der Waals surface area contributed by atoms with Crippen LogP contribution < -0.4 is 10.6 Å². The first-order valence-electron chi connectivity index (χ1n) is 8.86. The predicted molar refractivity (Wildman–Crippen MR) is 106 cm³/mol. The van der Waals surface area contributed by atoms with Gasteiger partial charge in [0.15, 0.2) is 0 Å². The van der Waals surface area contributed by atoms with Gasteiger partial charge < -0.3 is 15.2 Å². The number of anilines is 1. The van der Waals surface area contributed by atoms with Crippen molar-refractivity contribution in [1.82, 2.24) is 14.9 Å². The third-order valence-electron chi connectivity index (χ3n) is 4.35. The van der Waals surface area contributed by atoms with Gasteiger partial charge >= 0.3 is 0 Å². The van der Waals surface area contributed by atoms with Crippen molar-refractivity contribution < 1.29 is 9.72 Å². The smallest absolute Gasteiger partial charge is 0.293 e. The summed E-state index contributed by atoms with van der Waals surface area (Å²) < 4.78 is 1.83. The first-order valence-corrected chi connectivity index (χ1v) is 8.86. The lowest BCUT2D eigenvalue weighted by atomic mass is 10.0. The number of hydrogen-bond donors (Lipinski definition) is 2. The van der Waals surface area contributed by atoms with Crippen LogP contribution in [0.25, 0.3) is 0 Å². The lowest BCUT2D eigenvalue weighted by molar-refractivity contribution is -0.384. The molecule has 0 saturated carbocycles. The van der Waals surface area contributed by atoms with Gasteiger partial charge in [-0.2, -0.15) is 0 Å². The van der Waals surface area contributed by atoms with Crippen LogP contribution in [0.3, 0.4) is 0 Å². The first-order chi connectivity index (χ1) is 13.5. The van der Waals surface area contributed by atoms with Gasteiger partial charge in [0.2, 0.25) is 0 Å². The minimum absolute atomic E-state index is 0.136. The Bertz CT molecular complexity index is 985. The summed E-state index contributed by atoms with van der Waals surface area (Å²) in [7, 11) is 1.85. The number of rotatable bonds is 7. The van der Waals surface area contributed by atoms with E-state index in [0.717, 1.165) is 5.56 Å². The number of imidazole rings is 1. The molecule has 0 bridgehead atoms. The number of carbonyl (C=O) groups excluding carboxylic acids is 1. The topological polar surface area (TPSA) is 102 Å². The minimum Gasteiger partial charge on any atom is -0.380 e. The fraction of sp³-hybridized carbons (Fsp3) is 0.200. The third kappa shape index (κ3) is 4.01. The molecular formula is C20H21N5O3. The number of nitrogens with one attached hydrogen (secondary N) is 2. The zero-order chi connectivity index (χ0) is 20.1. The van der Waals surface area contributed by atoms with Gasteiger partial charge in [-0.1, -0.05) is 30.3 Å². The summed E-state index contributed by atoms with van der Waals surface area (Å²) in [6.07, 6.45) is 3.46. The molecule has 2 aromatic carbocycles. The maximum Gasteiger partial charge on any atom is 0.293 e. The molecule has 1 atom stereocenters. The Morgan fingerprint density at radius 3 is 2.61 bits per heavy atom. The molecule has 0 aliphatic carbocycles. The zero-order valence-corrected chi connectivity index (χ0v) is 15.6. The van der Waals surface area contributed by atoms with E-state index in [2.05, 4.69) is 15.6 Å². The van der Waals surface area contributed by atoms with Crippen LogP contribution in [0.5, 0.6) is 0 Å². The monoisotopic (exact) mass is 379 g/mol. The molecule has 2 N–H and O–H groups in total. The number of aryl methyl sites for hydroxylation is 1. The first kappa shape index (κ1) is 19.1. The second-order valence-electron chi connectivity index (χ2n) is 6.23. The molecular weight excluding hydrogens is 358 g/mol. The molecule has 8 nitrogen and oxygen atoms in total. The maximum atomic E-state index is 12.9. The van der Waals surface area contributed by atoms with Gasteiger partial charge in [-0.15, -0.1) is 0 Å². The van der Waals surface area contributed by atoms with Gasteiger partial charge in [0, 0.05) is 37.6 Å². The molecule has 3 aromatic rings. The summed E-state index contributed by atoms with van der Waals surface area (Å²) in [6, 6.07) is 13.4. The van der Waals surface area contributed by atoms with Gasteiger partial charge in [-0.05, 0) is 24.6 Å². The Morgan fingerprint density at radius 2 is 2.00 bits per heavy atom. The fourth-order valence-electron chi connectivity index (χ4n) is 2.98. The van der Waals surface area contributed by atoms with E-state index in [0.29, 0.717) is 18.1 Å². The van der Waals surface area contributed by atoms with Crippen molar-refractivity contribution in [2.75, 3.05) is 11.9 Å². The largest absolute Gasteiger partial charge is 0.380 e. The summed E-state index contributed by atoms with van der Waals surface area (Å²) in [5.41, 5.74) is 1.32. The summed E-state index contributed by atoms with van der Waals surface area (Å²) in [4.78, 5) is 28.1. The SMILES string of the molecule is CCNc1ccc(C(=O)NC(c2ccccc2)c2nccn2C)cc1[N+](=O)[O-]. The Labute approximate surface area is 162 Å². The summed E-state index contributed by atoms with van der Waals surface area (Å²) in [6.45, 7) is 2.39. The van der Waals surface area contributed by atoms with Crippen LogP contribution in [0.1, 0.15) is 34.7 Å². The highest BCUT2D eigenvalue weighted by Gasteiger charge is 2.23. The van der Waals surface area contributed by atoms with Gasteiger partial charge in [0.25, 0.3) is 11.6 Å². The van der Waals surface area contributed by atoms with Crippen molar-refractivity contribution in [2.45, 2.75) is 13.0 Å². The molecule has 28 heavy (non-hydrogen) atoms. The molecule has 1 unspecified atom stereocenters. The van der Waals surface area contributed by atoms with Gasteiger partial charge in [0.05, 0.1) is 4.92 Å². The predicted octanol–water partition coefficient (Wildman–Crippen LogP) is 3.28. The number of amides is 1. The van der Waals surface area contributed by atoms with E-state index in [-0.39, 0.29) is 11.3 Å². The van der Waals surface area contributed by atoms with Crippen molar-refractivity contribution in [3.8, 4) is 0 Å². The Morgan fingerprint density at radius 1 is 1.25 bits per heavy atom. The molecule has 1 amide bonds. The van der Waals surface area contributed by atoms with E-state index in [1.54, 1.807) is 24.5 Å². The highest BCUT2D eigenvalue weighted by atomic mass is 16.6. The molecule has 0 aliphatic heterocycles. The van der Waals surface area contributed by atoms with Crippen LogP contribution in [0, 0.1) is 10.1 Å². The highest BCUT2D eigenvalue weighted by molar-refractivity contribution is 5.96. The maximum absolute atomic E-state index is 12.9. The number of nitro groups is 1. The van der Waals surface area contributed by atoms with Crippen LogP contribution in [0.2, 0.25) is 0 Å². The van der Waals surface area contributed by atoms with Crippen molar-refractivity contribution in [3.63, 3.8) is 0 Å². The Hall–Kier alpha value is -3.68. The number of carbonyl (C=O) groups is 1. The van der Waals surface area contributed by atoms with Crippen LogP contribution in [0.15, 0.2) is 60.9 Å². The van der Waals surface area contributed by atoms with E-state index < -0.39 is 16.9 Å². The quantitative estimate of drug-likeness (QED) is 0.484. The summed E-state index contributed by atoms with van der Waals surface area (Å²) in [5, 5.41) is 17.2. The molecule has 1 heterocycles. The normalized spacial score (nSPS) is 11.6. The lowest BCUT2D eigenvalue weighted by Crippen LogP contribution is -2.31. The Kier molecular flexibility index (Phi) is 5.69. The van der Waals surface area contributed by atoms with Crippen LogP contribution >= 0.6 is 0 Å². The summed E-state index contributed by atoms with van der Waals surface area (Å²) in [5.74, 6) is 0.251. The average molecular weight is 379 g/mol. The van der Waals surface area contributed by atoms with E-state index in [4.69, 9.17) is 0 Å². The van der Waals surface area contributed by atoms with Crippen molar-refractivity contribution in [2.24, 2.45) is 7.05 Å². The molecule has 0 saturated heterocycles. The molecule has 0 radical (unpaired) electrons. The van der Waals surface area contributed by atoms with E-state index in [1.165, 1.54) is 6.07 Å². The van der Waals surface area contributed by atoms with Crippen LogP contribution in [0.4, 0.5) is 11.4 Å². The average Bonchev–Trinajstić information content (AvgIpc) is 3.12. The van der Waals surface area contributed by atoms with Gasteiger partial charge in [0.1, 0.15) is 17.6 Å². The second kappa shape index (κ2) is 8.34. The molecule has 0 aliphatic rings. The zero-order valence-electron chi connectivity index (χ0n) is 15.6. The van der Waals surface area contributed by atoms with E-state index in [9.17, 15) is 14.9 Å². The van der Waals surface area contributed by atoms with Crippen molar-refractivity contribution in [1.29, 1.82) is 0 Å². The molecule has 3 rings (SSSR count). The minimum atomic E-state index is -0.498. The van der Waals surface area contributed by atoms with Crippen molar-refractivity contribution >= 4 is 17.3 Å². The Balaban J connectivity index is 1.94. The second-order valence-corrected chi connectivity index (χ2v) is 6.23. The van der Waals surface area contributed by atoms with Gasteiger partial charge in [-0.3, -0.25) is 14.9 Å². The molecule has 144 valence electrons. The number of hydrogen-bond acceptors (Lipinski definition) is 5.